The van der Waals surface area contributed by atoms with Crippen molar-refractivity contribution in [2.45, 2.75) is 57.0 Å². The number of halogens is 1. The summed E-state index contributed by atoms with van der Waals surface area (Å²) < 4.78 is 13.0. The van der Waals surface area contributed by atoms with Gasteiger partial charge in [0.15, 0.2) is 5.79 Å². The zero-order chi connectivity index (χ0) is 10.4. The summed E-state index contributed by atoms with van der Waals surface area (Å²) in [6.07, 6.45) is 4.43. The lowest BCUT2D eigenvalue weighted by Gasteiger charge is -2.24. The van der Waals surface area contributed by atoms with Gasteiger partial charge in [-0.15, -0.1) is 0 Å². The van der Waals surface area contributed by atoms with Crippen LogP contribution in [0.3, 0.4) is 0 Å². The van der Waals surface area contributed by atoms with E-state index in [9.17, 15) is 0 Å². The monoisotopic (exact) mass is 260 g/mol. The first kappa shape index (κ1) is 10.7. The minimum Gasteiger partial charge on any atom is -0.341 e. The van der Waals surface area contributed by atoms with Crippen molar-refractivity contribution in [1.82, 2.24) is 0 Å². The van der Waals surface area contributed by atoms with Gasteiger partial charge in [0.2, 0.25) is 0 Å². The van der Waals surface area contributed by atoms with E-state index in [4.69, 9.17) is 9.47 Å². The van der Waals surface area contributed by atoms with Crippen LogP contribution < -0.4 is 0 Å². The molecule has 1 aliphatic heterocycles. The molecule has 80 valence electrons. The van der Waals surface area contributed by atoms with Gasteiger partial charge in [0, 0.05) is 17.3 Å². The van der Waals surface area contributed by atoms with E-state index in [0.717, 1.165) is 17.3 Å². The van der Waals surface area contributed by atoms with Gasteiger partial charge in [-0.1, -0.05) is 22.5 Å². The van der Waals surface area contributed by atoms with Crippen LogP contribution in [0.2, 0.25) is 0 Å². The van der Waals surface area contributed by atoms with Gasteiger partial charge >= 0.3 is 0 Å². The number of rotatable bonds is 1. The Balaban J connectivity index is 2.19. The first-order chi connectivity index (χ1) is 6.45. The standard InChI is InChI=1S/C11H17BrO2/c1-8(12)9-10(2,3)14-11(13-9)6-4-5-7-11/h9H,1,4-7H2,2-3H3/t9-/m0/s1. The Bertz CT molecular complexity index is 254. The highest BCUT2D eigenvalue weighted by molar-refractivity contribution is 9.11. The average molecular weight is 261 g/mol. The molecule has 2 rings (SSSR count). The normalized spacial score (nSPS) is 33.8. The van der Waals surface area contributed by atoms with Gasteiger partial charge in [-0.3, -0.25) is 0 Å². The van der Waals surface area contributed by atoms with E-state index in [2.05, 4.69) is 36.4 Å². The van der Waals surface area contributed by atoms with Crippen molar-refractivity contribution in [1.29, 1.82) is 0 Å². The second-order valence-corrected chi connectivity index (χ2v) is 5.79. The molecule has 1 atom stereocenters. The SMILES string of the molecule is C=C(Br)[C@@H]1OC2(CCCC2)OC1(C)C. The zero-order valence-electron chi connectivity index (χ0n) is 8.81. The van der Waals surface area contributed by atoms with Gasteiger partial charge in [0.25, 0.3) is 0 Å². The van der Waals surface area contributed by atoms with E-state index < -0.39 is 0 Å². The number of ether oxygens (including phenoxy) is 2. The predicted octanol–water partition coefficient (Wildman–Crippen LogP) is 3.36. The Morgan fingerprint density at radius 1 is 1.36 bits per heavy atom. The molecule has 1 aliphatic carbocycles. The quantitative estimate of drug-likeness (QED) is 0.720. The van der Waals surface area contributed by atoms with Crippen molar-refractivity contribution in [2.75, 3.05) is 0 Å². The van der Waals surface area contributed by atoms with Gasteiger partial charge in [-0.05, 0) is 26.7 Å². The smallest absolute Gasteiger partial charge is 0.170 e. The van der Waals surface area contributed by atoms with Crippen molar-refractivity contribution < 1.29 is 9.47 Å². The van der Waals surface area contributed by atoms with Crippen LogP contribution in [0.15, 0.2) is 11.1 Å². The summed E-state index contributed by atoms with van der Waals surface area (Å²) in [6, 6.07) is 0. The van der Waals surface area contributed by atoms with Crippen LogP contribution >= 0.6 is 15.9 Å². The fourth-order valence-corrected chi connectivity index (χ4v) is 3.13. The number of hydrogen-bond acceptors (Lipinski definition) is 2. The molecule has 2 aliphatic rings. The van der Waals surface area contributed by atoms with E-state index in [0.29, 0.717) is 0 Å². The molecule has 1 spiro atoms. The van der Waals surface area contributed by atoms with Crippen LogP contribution in [0, 0.1) is 0 Å². The van der Waals surface area contributed by atoms with Crippen molar-refractivity contribution in [3.05, 3.63) is 11.1 Å². The molecule has 14 heavy (non-hydrogen) atoms. The summed E-state index contributed by atoms with van der Waals surface area (Å²) in [7, 11) is 0. The summed E-state index contributed by atoms with van der Waals surface area (Å²) >= 11 is 3.41. The van der Waals surface area contributed by atoms with Gasteiger partial charge in [0.1, 0.15) is 6.10 Å². The molecule has 0 aromatic heterocycles. The molecule has 0 bridgehead atoms. The Morgan fingerprint density at radius 2 is 1.93 bits per heavy atom. The van der Waals surface area contributed by atoms with Gasteiger partial charge in [-0.2, -0.15) is 0 Å². The van der Waals surface area contributed by atoms with Gasteiger partial charge in [0.05, 0.1) is 5.60 Å². The largest absolute Gasteiger partial charge is 0.341 e. The summed E-state index contributed by atoms with van der Waals surface area (Å²) in [6.45, 7) is 8.03. The summed E-state index contributed by atoms with van der Waals surface area (Å²) in [5.74, 6) is -0.315. The molecule has 0 aromatic rings. The molecule has 0 N–H and O–H groups in total. The van der Waals surface area contributed by atoms with E-state index in [1.54, 1.807) is 0 Å². The number of hydrogen-bond donors (Lipinski definition) is 0. The maximum absolute atomic E-state index is 6.06. The Labute approximate surface area is 93.8 Å². The zero-order valence-corrected chi connectivity index (χ0v) is 10.4. The minimum absolute atomic E-state index is 0.0272. The Hall–Kier alpha value is 0.140. The maximum Gasteiger partial charge on any atom is 0.170 e. The van der Waals surface area contributed by atoms with Crippen LogP contribution in [0.25, 0.3) is 0 Å². The fraction of sp³-hybridized carbons (Fsp3) is 0.818. The summed E-state index contributed by atoms with van der Waals surface area (Å²) in [5.41, 5.74) is -0.259. The highest BCUT2D eigenvalue weighted by atomic mass is 79.9. The van der Waals surface area contributed by atoms with Crippen LogP contribution in [-0.2, 0) is 9.47 Å². The van der Waals surface area contributed by atoms with Crippen molar-refractivity contribution >= 4 is 15.9 Å². The molecule has 0 amide bonds. The summed E-state index contributed by atoms with van der Waals surface area (Å²) in [5, 5.41) is 0. The minimum atomic E-state index is -0.315. The third-order valence-corrected chi connectivity index (χ3v) is 3.48. The first-order valence-electron chi connectivity index (χ1n) is 5.18. The molecule has 0 aromatic carbocycles. The molecular formula is C11H17BrO2. The third-order valence-electron chi connectivity index (χ3n) is 3.06. The molecule has 1 saturated carbocycles. The fourth-order valence-electron chi connectivity index (χ4n) is 2.49. The molecular weight excluding hydrogens is 244 g/mol. The molecule has 2 nitrogen and oxygen atoms in total. The lowest BCUT2D eigenvalue weighted by atomic mass is 10.0. The molecule has 0 radical (unpaired) electrons. The van der Waals surface area contributed by atoms with Crippen LogP contribution in [0.1, 0.15) is 39.5 Å². The highest BCUT2D eigenvalue weighted by Crippen LogP contribution is 2.48. The average Bonchev–Trinajstić information content (AvgIpc) is 2.57. The summed E-state index contributed by atoms with van der Waals surface area (Å²) in [4.78, 5) is 0. The molecule has 3 heteroatoms. The van der Waals surface area contributed by atoms with Gasteiger partial charge < -0.3 is 9.47 Å². The van der Waals surface area contributed by atoms with Crippen molar-refractivity contribution in [3.63, 3.8) is 0 Å². The van der Waals surface area contributed by atoms with Gasteiger partial charge in [-0.25, -0.2) is 0 Å². The lowest BCUT2D eigenvalue weighted by Crippen LogP contribution is -2.33. The molecule has 2 fully saturated rings. The predicted molar refractivity (Wildman–Crippen MR) is 59.3 cm³/mol. The second kappa shape index (κ2) is 3.32. The van der Waals surface area contributed by atoms with Crippen molar-refractivity contribution in [2.24, 2.45) is 0 Å². The van der Waals surface area contributed by atoms with E-state index in [-0.39, 0.29) is 17.5 Å². The van der Waals surface area contributed by atoms with Crippen LogP contribution in [-0.4, -0.2) is 17.5 Å². The topological polar surface area (TPSA) is 18.5 Å². The van der Waals surface area contributed by atoms with E-state index in [1.165, 1.54) is 12.8 Å². The highest BCUT2D eigenvalue weighted by Gasteiger charge is 2.53. The van der Waals surface area contributed by atoms with E-state index >= 15 is 0 Å². The lowest BCUT2D eigenvalue weighted by molar-refractivity contribution is -0.177. The first-order valence-corrected chi connectivity index (χ1v) is 5.97. The third kappa shape index (κ3) is 1.66. The Morgan fingerprint density at radius 3 is 2.36 bits per heavy atom. The van der Waals surface area contributed by atoms with Crippen LogP contribution in [0.5, 0.6) is 0 Å². The molecule has 1 saturated heterocycles. The maximum atomic E-state index is 6.06. The Kier molecular flexibility index (Phi) is 2.53. The van der Waals surface area contributed by atoms with E-state index in [1.807, 2.05) is 0 Å². The van der Waals surface area contributed by atoms with Crippen LogP contribution in [0.4, 0.5) is 0 Å². The van der Waals surface area contributed by atoms with Crippen molar-refractivity contribution in [3.8, 4) is 0 Å². The molecule has 0 unspecified atom stereocenters. The molecule has 1 heterocycles. The second-order valence-electron chi connectivity index (χ2n) is 4.77.